The van der Waals surface area contributed by atoms with Gasteiger partial charge in [0.05, 0.1) is 19.4 Å². The van der Waals surface area contributed by atoms with E-state index in [-0.39, 0.29) is 18.1 Å². The van der Waals surface area contributed by atoms with Crippen LogP contribution < -0.4 is 15.1 Å². The molecule has 1 aliphatic rings. The molecule has 28 heavy (non-hydrogen) atoms. The van der Waals surface area contributed by atoms with Crippen molar-refractivity contribution in [1.29, 1.82) is 0 Å². The lowest BCUT2D eigenvalue weighted by molar-refractivity contribution is -0.123. The number of amides is 1. The first-order chi connectivity index (χ1) is 13.5. The Balaban J connectivity index is 1.54. The van der Waals surface area contributed by atoms with Gasteiger partial charge in [0.2, 0.25) is 11.8 Å². The summed E-state index contributed by atoms with van der Waals surface area (Å²) in [5.41, 5.74) is 3.37. The van der Waals surface area contributed by atoms with Gasteiger partial charge in [-0.25, -0.2) is 10.4 Å². The van der Waals surface area contributed by atoms with E-state index in [9.17, 15) is 15.0 Å². The number of hydrogen-bond donors (Lipinski definition) is 3. The molecule has 0 spiro atoms. The van der Waals surface area contributed by atoms with E-state index in [1.54, 1.807) is 6.07 Å². The predicted octanol–water partition coefficient (Wildman–Crippen LogP) is 0.562. The summed E-state index contributed by atoms with van der Waals surface area (Å²) >= 11 is 0. The molecule has 148 valence electrons. The molecular formula is C18H21N5O5. The van der Waals surface area contributed by atoms with E-state index in [0.29, 0.717) is 43.7 Å². The highest BCUT2D eigenvalue weighted by molar-refractivity contribution is 5.85. The molecule has 1 fully saturated rings. The van der Waals surface area contributed by atoms with Gasteiger partial charge >= 0.3 is 0 Å². The number of anilines is 1. The predicted molar refractivity (Wildman–Crippen MR) is 101 cm³/mol. The third kappa shape index (κ3) is 5.30. The summed E-state index contributed by atoms with van der Waals surface area (Å²) in [5.74, 6) is 0.132. The molecule has 1 aromatic heterocycles. The van der Waals surface area contributed by atoms with Crippen molar-refractivity contribution in [2.24, 2.45) is 5.10 Å². The number of hydrogen-bond acceptors (Lipinski definition) is 9. The first kappa shape index (κ1) is 19.4. The number of carbonyl (C=O) groups is 1. The molecule has 1 amide bonds. The summed E-state index contributed by atoms with van der Waals surface area (Å²) in [4.78, 5) is 22.6. The molecule has 10 nitrogen and oxygen atoms in total. The summed E-state index contributed by atoms with van der Waals surface area (Å²) in [7, 11) is 0. The Hall–Kier alpha value is -3.40. The lowest BCUT2D eigenvalue weighted by atomic mass is 10.2. The highest BCUT2D eigenvalue weighted by Crippen LogP contribution is 2.20. The van der Waals surface area contributed by atoms with Crippen LogP contribution in [-0.2, 0) is 9.53 Å². The zero-order valence-corrected chi connectivity index (χ0v) is 15.3. The molecule has 0 unspecified atom stereocenters. The number of nitrogens with one attached hydrogen (secondary N) is 1. The zero-order chi connectivity index (χ0) is 19.9. The minimum Gasteiger partial charge on any atom is -0.508 e. The number of ether oxygens (including phenoxy) is 2. The highest BCUT2D eigenvalue weighted by Gasteiger charge is 2.15. The van der Waals surface area contributed by atoms with Crippen LogP contribution in [0.1, 0.15) is 11.3 Å². The minimum absolute atomic E-state index is 0.0660. The quantitative estimate of drug-likeness (QED) is 0.484. The number of phenolic OH excluding ortho intramolecular Hbond substituents is 2. The Bertz CT molecular complexity index is 867. The van der Waals surface area contributed by atoms with Crippen molar-refractivity contribution < 1.29 is 24.5 Å². The van der Waals surface area contributed by atoms with Crippen LogP contribution in [0.5, 0.6) is 17.4 Å². The van der Waals surface area contributed by atoms with Crippen LogP contribution in [0.4, 0.5) is 5.95 Å². The molecule has 0 saturated carbocycles. The third-order valence-electron chi connectivity index (χ3n) is 3.87. The average Bonchev–Trinajstić information content (AvgIpc) is 2.68. The van der Waals surface area contributed by atoms with Gasteiger partial charge in [-0.1, -0.05) is 0 Å². The van der Waals surface area contributed by atoms with E-state index in [4.69, 9.17) is 9.47 Å². The fourth-order valence-corrected chi connectivity index (χ4v) is 2.49. The lowest BCUT2D eigenvalue weighted by Crippen LogP contribution is -2.37. The molecule has 10 heteroatoms. The molecule has 0 bridgehead atoms. The number of benzene rings is 1. The van der Waals surface area contributed by atoms with E-state index in [2.05, 4.69) is 20.5 Å². The molecule has 0 aliphatic carbocycles. The number of phenols is 2. The van der Waals surface area contributed by atoms with E-state index in [1.807, 2.05) is 11.8 Å². The minimum atomic E-state index is -0.487. The molecule has 1 aromatic carbocycles. The van der Waals surface area contributed by atoms with Gasteiger partial charge in [-0.3, -0.25) is 4.79 Å². The number of aryl methyl sites for hydroxylation is 1. The van der Waals surface area contributed by atoms with Crippen LogP contribution in [0.15, 0.2) is 29.4 Å². The van der Waals surface area contributed by atoms with Crippen molar-refractivity contribution >= 4 is 18.1 Å². The monoisotopic (exact) mass is 387 g/mol. The number of carbonyl (C=O) groups excluding carboxylic acids is 1. The van der Waals surface area contributed by atoms with Gasteiger partial charge in [0.15, 0.2) is 6.61 Å². The Kier molecular flexibility index (Phi) is 6.22. The third-order valence-corrected chi connectivity index (χ3v) is 3.87. The van der Waals surface area contributed by atoms with Gasteiger partial charge in [-0.2, -0.15) is 10.1 Å². The van der Waals surface area contributed by atoms with Crippen molar-refractivity contribution in [2.45, 2.75) is 6.92 Å². The van der Waals surface area contributed by atoms with Crippen LogP contribution in [0, 0.1) is 6.92 Å². The Labute approximate surface area is 161 Å². The van der Waals surface area contributed by atoms with E-state index in [1.165, 1.54) is 24.4 Å². The number of morpholine rings is 1. The van der Waals surface area contributed by atoms with Crippen molar-refractivity contribution in [3.05, 3.63) is 35.5 Å². The Morgan fingerprint density at radius 3 is 2.86 bits per heavy atom. The molecule has 0 atom stereocenters. The normalized spacial score (nSPS) is 14.2. The standard InChI is InChI=1S/C18H21N5O5/c1-12-8-17(21-18(20-12)23-4-6-27-7-5-23)28-11-16(26)22-19-10-13-2-3-14(24)9-15(13)25/h2-3,8-10,24-25H,4-7,11H2,1H3,(H,22,26)/b19-10+. The molecule has 2 aromatic rings. The van der Waals surface area contributed by atoms with Gasteiger partial charge in [-0.05, 0) is 19.1 Å². The first-order valence-corrected chi connectivity index (χ1v) is 8.66. The van der Waals surface area contributed by atoms with Crippen molar-refractivity contribution in [3.63, 3.8) is 0 Å². The van der Waals surface area contributed by atoms with Crippen LogP contribution in [-0.4, -0.2) is 65.2 Å². The van der Waals surface area contributed by atoms with Crippen molar-refractivity contribution in [1.82, 2.24) is 15.4 Å². The zero-order valence-electron chi connectivity index (χ0n) is 15.3. The lowest BCUT2D eigenvalue weighted by Gasteiger charge is -2.27. The molecule has 3 rings (SSSR count). The maximum absolute atomic E-state index is 11.9. The largest absolute Gasteiger partial charge is 0.508 e. The van der Waals surface area contributed by atoms with Gasteiger partial charge in [0.1, 0.15) is 11.5 Å². The molecule has 1 aliphatic heterocycles. The fourth-order valence-electron chi connectivity index (χ4n) is 2.49. The molecule has 1 saturated heterocycles. The van der Waals surface area contributed by atoms with E-state index < -0.39 is 5.91 Å². The smallest absolute Gasteiger partial charge is 0.278 e. The molecule has 0 radical (unpaired) electrons. The number of aromatic hydroxyl groups is 2. The van der Waals surface area contributed by atoms with Gasteiger partial charge in [0, 0.05) is 36.5 Å². The summed E-state index contributed by atoms with van der Waals surface area (Å²) < 4.78 is 10.8. The second-order valence-electron chi connectivity index (χ2n) is 6.07. The van der Waals surface area contributed by atoms with Crippen LogP contribution in [0.3, 0.4) is 0 Å². The van der Waals surface area contributed by atoms with Crippen LogP contribution in [0.25, 0.3) is 0 Å². The molecular weight excluding hydrogens is 366 g/mol. The molecule has 2 heterocycles. The second kappa shape index (κ2) is 9.00. The average molecular weight is 387 g/mol. The van der Waals surface area contributed by atoms with Crippen LogP contribution in [0.2, 0.25) is 0 Å². The summed E-state index contributed by atoms with van der Waals surface area (Å²) in [5, 5.41) is 22.6. The van der Waals surface area contributed by atoms with Gasteiger partial charge < -0.3 is 24.6 Å². The summed E-state index contributed by atoms with van der Waals surface area (Å²) in [6.45, 7) is 4.17. The Morgan fingerprint density at radius 2 is 2.11 bits per heavy atom. The number of hydrazone groups is 1. The summed E-state index contributed by atoms with van der Waals surface area (Å²) in [6, 6.07) is 5.69. The van der Waals surface area contributed by atoms with Crippen LogP contribution >= 0.6 is 0 Å². The number of aromatic nitrogens is 2. The highest BCUT2D eigenvalue weighted by atomic mass is 16.5. The fraction of sp³-hybridized carbons (Fsp3) is 0.333. The first-order valence-electron chi connectivity index (χ1n) is 8.66. The maximum Gasteiger partial charge on any atom is 0.278 e. The Morgan fingerprint density at radius 1 is 1.32 bits per heavy atom. The van der Waals surface area contributed by atoms with Gasteiger partial charge in [-0.15, -0.1) is 0 Å². The molecule has 3 N–H and O–H groups in total. The second-order valence-corrected chi connectivity index (χ2v) is 6.07. The van der Waals surface area contributed by atoms with E-state index >= 15 is 0 Å². The topological polar surface area (TPSA) is 129 Å². The van der Waals surface area contributed by atoms with E-state index in [0.717, 1.165) is 5.69 Å². The maximum atomic E-state index is 11.9. The number of nitrogens with zero attached hydrogens (tertiary/aromatic N) is 4. The SMILES string of the molecule is Cc1cc(OCC(=O)N/N=C/c2ccc(O)cc2O)nc(N2CCOCC2)n1. The van der Waals surface area contributed by atoms with Crippen molar-refractivity contribution in [2.75, 3.05) is 37.8 Å². The summed E-state index contributed by atoms with van der Waals surface area (Å²) in [6.07, 6.45) is 1.26. The number of rotatable bonds is 6. The van der Waals surface area contributed by atoms with Crippen molar-refractivity contribution in [3.8, 4) is 17.4 Å². The van der Waals surface area contributed by atoms with Gasteiger partial charge in [0.25, 0.3) is 5.91 Å².